The third-order valence-electron chi connectivity index (χ3n) is 2.00. The van der Waals surface area contributed by atoms with E-state index < -0.39 is 10.0 Å². The minimum absolute atomic E-state index is 0.222. The highest BCUT2D eigenvalue weighted by molar-refractivity contribution is 7.91. The normalized spacial score (nSPS) is 12.2. The lowest BCUT2D eigenvalue weighted by atomic mass is 10.4. The first-order valence-corrected chi connectivity index (χ1v) is 7.77. The van der Waals surface area contributed by atoms with E-state index in [0.717, 1.165) is 24.2 Å². The Morgan fingerprint density at radius 3 is 2.31 bits per heavy atom. The Hall–Kier alpha value is -0.170. The Kier molecular flexibility index (Phi) is 5.17. The highest BCUT2D eigenvalue weighted by atomic mass is 35.5. The van der Waals surface area contributed by atoms with Crippen LogP contribution in [0, 0.1) is 0 Å². The van der Waals surface area contributed by atoms with Crippen LogP contribution in [-0.4, -0.2) is 30.8 Å². The van der Waals surface area contributed by atoms with Crippen molar-refractivity contribution in [2.45, 2.75) is 30.9 Å². The average Bonchev–Trinajstić information content (AvgIpc) is 2.65. The molecule has 0 aromatic carbocycles. The number of hydrogen-bond acceptors (Lipinski definition) is 4. The van der Waals surface area contributed by atoms with Crippen LogP contribution in [0.2, 0.25) is 4.47 Å². The van der Waals surface area contributed by atoms with Gasteiger partial charge in [0.05, 0.1) is 6.20 Å². The molecule has 0 N–H and O–H groups in total. The van der Waals surface area contributed by atoms with Gasteiger partial charge in [0.2, 0.25) is 0 Å². The largest absolute Gasteiger partial charge is 0.254 e. The van der Waals surface area contributed by atoms with E-state index in [1.165, 1.54) is 10.5 Å². The zero-order valence-electron chi connectivity index (χ0n) is 9.31. The quantitative estimate of drug-likeness (QED) is 0.806. The van der Waals surface area contributed by atoms with Gasteiger partial charge in [0.15, 0.2) is 8.68 Å². The van der Waals surface area contributed by atoms with E-state index in [4.69, 9.17) is 11.6 Å². The molecule has 16 heavy (non-hydrogen) atoms. The van der Waals surface area contributed by atoms with Gasteiger partial charge >= 0.3 is 0 Å². The molecule has 7 heteroatoms. The first-order valence-electron chi connectivity index (χ1n) is 5.13. The Morgan fingerprint density at radius 1 is 1.38 bits per heavy atom. The summed E-state index contributed by atoms with van der Waals surface area (Å²) in [5.41, 5.74) is 0. The first kappa shape index (κ1) is 13.9. The Bertz CT molecular complexity index is 424. The van der Waals surface area contributed by atoms with Crippen molar-refractivity contribution in [2.75, 3.05) is 13.1 Å². The number of nitrogens with zero attached hydrogens (tertiary/aromatic N) is 2. The predicted molar refractivity (Wildman–Crippen MR) is 66.5 cm³/mol. The van der Waals surface area contributed by atoms with Gasteiger partial charge in [-0.1, -0.05) is 36.8 Å². The van der Waals surface area contributed by atoms with Crippen LogP contribution in [0.5, 0.6) is 0 Å². The van der Waals surface area contributed by atoms with E-state index in [2.05, 4.69) is 4.98 Å². The molecule has 0 saturated carbocycles. The SMILES string of the molecule is CCCN(CCC)S(=O)(=O)c1cnc(Cl)s1. The molecule has 0 aliphatic carbocycles. The van der Waals surface area contributed by atoms with Gasteiger partial charge in [0.25, 0.3) is 10.0 Å². The van der Waals surface area contributed by atoms with Crippen LogP contribution < -0.4 is 0 Å². The van der Waals surface area contributed by atoms with Crippen molar-refractivity contribution >= 4 is 33.0 Å². The fraction of sp³-hybridized carbons (Fsp3) is 0.667. The van der Waals surface area contributed by atoms with Crippen LogP contribution in [0.3, 0.4) is 0 Å². The molecular formula is C9H15ClN2O2S2. The second kappa shape index (κ2) is 5.95. The summed E-state index contributed by atoms with van der Waals surface area (Å²) >= 11 is 6.65. The van der Waals surface area contributed by atoms with Gasteiger partial charge in [-0.25, -0.2) is 13.4 Å². The van der Waals surface area contributed by atoms with E-state index >= 15 is 0 Å². The van der Waals surface area contributed by atoms with Crippen LogP contribution in [0.15, 0.2) is 10.4 Å². The molecule has 0 fully saturated rings. The predicted octanol–water partition coefficient (Wildman–Crippen LogP) is 2.61. The lowest BCUT2D eigenvalue weighted by Crippen LogP contribution is -2.32. The fourth-order valence-electron chi connectivity index (χ4n) is 1.34. The number of rotatable bonds is 6. The zero-order chi connectivity index (χ0) is 12.2. The van der Waals surface area contributed by atoms with Gasteiger partial charge in [0.1, 0.15) is 0 Å². The van der Waals surface area contributed by atoms with Gasteiger partial charge in [-0.2, -0.15) is 4.31 Å². The van der Waals surface area contributed by atoms with E-state index in [1.807, 2.05) is 13.8 Å². The number of thiazole rings is 1. The Balaban J connectivity index is 2.97. The van der Waals surface area contributed by atoms with Crippen molar-refractivity contribution < 1.29 is 8.42 Å². The first-order chi connectivity index (χ1) is 7.52. The standard InChI is InChI=1S/C9H15ClN2O2S2/c1-3-5-12(6-4-2)16(13,14)8-7-11-9(10)15-8/h7H,3-6H2,1-2H3. The summed E-state index contributed by atoms with van der Waals surface area (Å²) in [5, 5.41) is 0. The summed E-state index contributed by atoms with van der Waals surface area (Å²) in [7, 11) is -3.40. The van der Waals surface area contributed by atoms with Crippen molar-refractivity contribution in [3.63, 3.8) is 0 Å². The maximum Gasteiger partial charge on any atom is 0.254 e. The summed E-state index contributed by atoms with van der Waals surface area (Å²) < 4.78 is 26.3. The van der Waals surface area contributed by atoms with Gasteiger partial charge in [-0.15, -0.1) is 0 Å². The van der Waals surface area contributed by atoms with Crippen molar-refractivity contribution in [2.24, 2.45) is 0 Å². The van der Waals surface area contributed by atoms with Crippen molar-refractivity contribution in [3.05, 3.63) is 10.7 Å². The average molecular weight is 283 g/mol. The zero-order valence-corrected chi connectivity index (χ0v) is 11.7. The maximum atomic E-state index is 12.2. The minimum atomic E-state index is -3.40. The second-order valence-corrected chi connectivity index (χ2v) is 7.11. The topological polar surface area (TPSA) is 50.3 Å². The summed E-state index contributed by atoms with van der Waals surface area (Å²) in [6.07, 6.45) is 2.91. The van der Waals surface area contributed by atoms with Gasteiger partial charge in [-0.3, -0.25) is 0 Å². The molecule has 0 aliphatic heterocycles. The molecule has 0 spiro atoms. The van der Waals surface area contributed by atoms with E-state index in [-0.39, 0.29) is 8.68 Å². The van der Waals surface area contributed by atoms with Crippen molar-refractivity contribution in [3.8, 4) is 0 Å². The fourth-order valence-corrected chi connectivity index (χ4v) is 4.41. The summed E-state index contributed by atoms with van der Waals surface area (Å²) in [4.78, 5) is 3.76. The van der Waals surface area contributed by atoms with E-state index in [1.54, 1.807) is 0 Å². The molecule has 0 unspecified atom stereocenters. The molecule has 0 aliphatic rings. The van der Waals surface area contributed by atoms with Gasteiger partial charge in [0, 0.05) is 13.1 Å². The highest BCUT2D eigenvalue weighted by Crippen LogP contribution is 2.25. The van der Waals surface area contributed by atoms with Crippen LogP contribution in [-0.2, 0) is 10.0 Å². The second-order valence-electron chi connectivity index (χ2n) is 3.34. The maximum absolute atomic E-state index is 12.2. The number of aromatic nitrogens is 1. The third-order valence-corrected chi connectivity index (χ3v) is 5.45. The van der Waals surface area contributed by atoms with E-state index in [9.17, 15) is 8.42 Å². The lowest BCUT2D eigenvalue weighted by Gasteiger charge is -2.19. The van der Waals surface area contributed by atoms with Gasteiger partial charge < -0.3 is 0 Å². The Morgan fingerprint density at radius 2 is 1.94 bits per heavy atom. The molecule has 0 atom stereocenters. The molecule has 1 rings (SSSR count). The summed E-state index contributed by atoms with van der Waals surface area (Å²) in [6, 6.07) is 0. The molecule has 4 nitrogen and oxygen atoms in total. The van der Waals surface area contributed by atoms with E-state index in [0.29, 0.717) is 13.1 Å². The van der Waals surface area contributed by atoms with Crippen molar-refractivity contribution in [1.82, 2.24) is 9.29 Å². The third kappa shape index (κ3) is 3.16. The summed E-state index contributed by atoms with van der Waals surface area (Å²) in [6.45, 7) is 4.98. The number of halogens is 1. The number of hydrogen-bond donors (Lipinski definition) is 0. The monoisotopic (exact) mass is 282 g/mol. The smallest absolute Gasteiger partial charge is 0.232 e. The van der Waals surface area contributed by atoms with Gasteiger partial charge in [-0.05, 0) is 12.8 Å². The molecule has 0 amide bonds. The Labute approximate surface area is 105 Å². The molecule has 1 aromatic heterocycles. The molecule has 0 radical (unpaired) electrons. The molecule has 0 bridgehead atoms. The van der Waals surface area contributed by atoms with Crippen LogP contribution >= 0.6 is 22.9 Å². The lowest BCUT2D eigenvalue weighted by molar-refractivity contribution is 0.411. The van der Waals surface area contributed by atoms with Crippen LogP contribution in [0.1, 0.15) is 26.7 Å². The highest BCUT2D eigenvalue weighted by Gasteiger charge is 2.25. The molecular weight excluding hydrogens is 268 g/mol. The molecule has 92 valence electrons. The number of sulfonamides is 1. The summed E-state index contributed by atoms with van der Waals surface area (Å²) in [5.74, 6) is 0. The molecule has 0 saturated heterocycles. The van der Waals surface area contributed by atoms with Crippen LogP contribution in [0.25, 0.3) is 0 Å². The van der Waals surface area contributed by atoms with Crippen molar-refractivity contribution in [1.29, 1.82) is 0 Å². The molecule has 1 heterocycles. The van der Waals surface area contributed by atoms with Crippen LogP contribution in [0.4, 0.5) is 0 Å². The minimum Gasteiger partial charge on any atom is -0.232 e. The molecule has 1 aromatic rings.